The second kappa shape index (κ2) is 6.98. The maximum Gasteiger partial charge on any atom is 0.322 e. The largest absolute Gasteiger partial charge is 0.467 e. The molecule has 0 aliphatic rings. The van der Waals surface area contributed by atoms with E-state index in [4.69, 9.17) is 4.74 Å². The van der Waals surface area contributed by atoms with Gasteiger partial charge in [0.15, 0.2) is 0 Å². The highest BCUT2D eigenvalue weighted by Gasteiger charge is 2.11. The number of aromatic nitrogens is 3. The standard InChI is InChI=1S/C12H23N5O/c1-6-7-13-10-14-11(16-12(15-10)18-5)17(4)8-9(2)3/h9H,6-8H2,1-5H3,(H,13,14,15,16). The molecule has 0 aliphatic heterocycles. The van der Waals surface area contributed by atoms with Crippen LogP contribution < -0.4 is 15.0 Å². The zero-order valence-corrected chi connectivity index (χ0v) is 11.9. The van der Waals surface area contributed by atoms with Gasteiger partial charge in [0.1, 0.15) is 0 Å². The summed E-state index contributed by atoms with van der Waals surface area (Å²) < 4.78 is 5.10. The summed E-state index contributed by atoms with van der Waals surface area (Å²) in [6, 6.07) is 0.342. The molecule has 6 heteroatoms. The van der Waals surface area contributed by atoms with Gasteiger partial charge in [-0.1, -0.05) is 20.8 Å². The van der Waals surface area contributed by atoms with Gasteiger partial charge in [-0.25, -0.2) is 0 Å². The van der Waals surface area contributed by atoms with Crippen LogP contribution in [0.3, 0.4) is 0 Å². The minimum absolute atomic E-state index is 0.342. The van der Waals surface area contributed by atoms with Crippen LogP contribution in [0.25, 0.3) is 0 Å². The lowest BCUT2D eigenvalue weighted by Gasteiger charge is -2.19. The van der Waals surface area contributed by atoms with Gasteiger partial charge in [-0.3, -0.25) is 0 Å². The molecule has 18 heavy (non-hydrogen) atoms. The van der Waals surface area contributed by atoms with Crippen molar-refractivity contribution in [3.05, 3.63) is 0 Å². The van der Waals surface area contributed by atoms with E-state index in [0.717, 1.165) is 19.5 Å². The Labute approximate surface area is 109 Å². The van der Waals surface area contributed by atoms with Crippen molar-refractivity contribution in [2.45, 2.75) is 27.2 Å². The van der Waals surface area contributed by atoms with Crippen LogP contribution in [-0.2, 0) is 0 Å². The van der Waals surface area contributed by atoms with E-state index in [1.807, 2.05) is 11.9 Å². The zero-order valence-electron chi connectivity index (χ0n) is 11.9. The molecule has 1 aromatic rings. The molecule has 0 unspecified atom stereocenters. The van der Waals surface area contributed by atoms with Gasteiger partial charge < -0.3 is 15.0 Å². The van der Waals surface area contributed by atoms with Crippen LogP contribution in [0.5, 0.6) is 6.01 Å². The number of hydrogen-bond donors (Lipinski definition) is 1. The van der Waals surface area contributed by atoms with Gasteiger partial charge >= 0.3 is 6.01 Å². The molecule has 0 saturated carbocycles. The average Bonchev–Trinajstić information content (AvgIpc) is 2.35. The Hall–Kier alpha value is -1.59. The Morgan fingerprint density at radius 3 is 2.56 bits per heavy atom. The summed E-state index contributed by atoms with van der Waals surface area (Å²) in [6.45, 7) is 8.13. The number of ether oxygens (including phenoxy) is 1. The van der Waals surface area contributed by atoms with Crippen molar-refractivity contribution in [2.75, 3.05) is 37.5 Å². The van der Waals surface area contributed by atoms with Gasteiger partial charge in [0, 0.05) is 20.1 Å². The van der Waals surface area contributed by atoms with Gasteiger partial charge in [0.25, 0.3) is 0 Å². The Balaban J connectivity index is 2.88. The molecule has 0 amide bonds. The van der Waals surface area contributed by atoms with Crippen LogP contribution >= 0.6 is 0 Å². The third-order valence-electron chi connectivity index (χ3n) is 2.30. The second-order valence-corrected chi connectivity index (χ2v) is 4.65. The summed E-state index contributed by atoms with van der Waals surface area (Å²) in [5, 5.41) is 3.15. The first kappa shape index (κ1) is 14.5. The van der Waals surface area contributed by atoms with Crippen molar-refractivity contribution in [3.63, 3.8) is 0 Å². The van der Waals surface area contributed by atoms with Crippen LogP contribution in [0.4, 0.5) is 11.9 Å². The van der Waals surface area contributed by atoms with Crippen molar-refractivity contribution in [3.8, 4) is 6.01 Å². The predicted octanol–water partition coefficient (Wildman–Crippen LogP) is 1.79. The van der Waals surface area contributed by atoms with E-state index in [1.54, 1.807) is 7.11 Å². The lowest BCUT2D eigenvalue weighted by Crippen LogP contribution is -2.25. The van der Waals surface area contributed by atoms with Crippen molar-refractivity contribution in [1.29, 1.82) is 0 Å². The number of hydrogen-bond acceptors (Lipinski definition) is 6. The third kappa shape index (κ3) is 4.35. The number of anilines is 2. The molecular formula is C12H23N5O. The van der Waals surface area contributed by atoms with Crippen LogP contribution in [-0.4, -0.2) is 42.2 Å². The fraction of sp³-hybridized carbons (Fsp3) is 0.750. The van der Waals surface area contributed by atoms with Crippen molar-refractivity contribution in [2.24, 2.45) is 5.92 Å². The molecule has 0 saturated heterocycles. The van der Waals surface area contributed by atoms with Crippen LogP contribution in [0.15, 0.2) is 0 Å². The van der Waals surface area contributed by atoms with Gasteiger partial charge in [-0.15, -0.1) is 0 Å². The van der Waals surface area contributed by atoms with Gasteiger partial charge in [-0.05, 0) is 12.3 Å². The molecule has 0 radical (unpaired) electrons. The summed E-state index contributed by atoms with van der Waals surface area (Å²) in [5.74, 6) is 1.74. The molecule has 0 bridgehead atoms. The maximum absolute atomic E-state index is 5.10. The van der Waals surface area contributed by atoms with Crippen LogP contribution in [0.1, 0.15) is 27.2 Å². The molecular weight excluding hydrogens is 230 g/mol. The zero-order chi connectivity index (χ0) is 13.5. The first-order valence-corrected chi connectivity index (χ1v) is 6.31. The Bertz CT molecular complexity index is 369. The van der Waals surface area contributed by atoms with Crippen molar-refractivity contribution < 1.29 is 4.74 Å². The highest BCUT2D eigenvalue weighted by molar-refractivity contribution is 5.37. The molecule has 102 valence electrons. The molecule has 1 heterocycles. The number of methoxy groups -OCH3 is 1. The number of nitrogens with one attached hydrogen (secondary N) is 1. The van der Waals surface area contributed by atoms with E-state index < -0.39 is 0 Å². The Morgan fingerprint density at radius 2 is 2.00 bits per heavy atom. The quantitative estimate of drug-likeness (QED) is 0.799. The molecule has 0 aliphatic carbocycles. The van der Waals surface area contributed by atoms with Crippen LogP contribution in [0.2, 0.25) is 0 Å². The molecule has 0 aromatic carbocycles. The minimum atomic E-state index is 0.342. The summed E-state index contributed by atoms with van der Waals surface area (Å²) >= 11 is 0. The van der Waals surface area contributed by atoms with E-state index in [9.17, 15) is 0 Å². The van der Waals surface area contributed by atoms with E-state index in [2.05, 4.69) is 41.0 Å². The third-order valence-corrected chi connectivity index (χ3v) is 2.30. The summed E-state index contributed by atoms with van der Waals surface area (Å²) in [4.78, 5) is 14.8. The van der Waals surface area contributed by atoms with Crippen LogP contribution in [0, 0.1) is 5.92 Å². The highest BCUT2D eigenvalue weighted by Crippen LogP contribution is 2.14. The molecule has 0 fully saturated rings. The van der Waals surface area contributed by atoms with Crippen molar-refractivity contribution >= 4 is 11.9 Å². The molecule has 0 atom stereocenters. The maximum atomic E-state index is 5.10. The second-order valence-electron chi connectivity index (χ2n) is 4.65. The fourth-order valence-electron chi connectivity index (χ4n) is 1.55. The molecule has 0 spiro atoms. The topological polar surface area (TPSA) is 63.2 Å². The lowest BCUT2D eigenvalue weighted by molar-refractivity contribution is 0.378. The molecule has 1 N–H and O–H groups in total. The smallest absolute Gasteiger partial charge is 0.322 e. The minimum Gasteiger partial charge on any atom is -0.467 e. The fourth-order valence-corrected chi connectivity index (χ4v) is 1.55. The summed E-state index contributed by atoms with van der Waals surface area (Å²) in [6.07, 6.45) is 1.02. The van der Waals surface area contributed by atoms with E-state index >= 15 is 0 Å². The predicted molar refractivity (Wildman–Crippen MR) is 73.3 cm³/mol. The highest BCUT2D eigenvalue weighted by atomic mass is 16.5. The molecule has 6 nitrogen and oxygen atoms in total. The normalized spacial score (nSPS) is 10.6. The van der Waals surface area contributed by atoms with Crippen molar-refractivity contribution in [1.82, 2.24) is 15.0 Å². The lowest BCUT2D eigenvalue weighted by atomic mass is 10.2. The Morgan fingerprint density at radius 1 is 1.28 bits per heavy atom. The Kier molecular flexibility index (Phi) is 5.61. The first-order valence-electron chi connectivity index (χ1n) is 6.31. The molecule has 1 rings (SSSR count). The van der Waals surface area contributed by atoms with E-state index in [1.165, 1.54) is 0 Å². The average molecular weight is 253 g/mol. The monoisotopic (exact) mass is 253 g/mol. The summed E-state index contributed by atoms with van der Waals surface area (Å²) in [5.41, 5.74) is 0. The number of rotatable bonds is 7. The summed E-state index contributed by atoms with van der Waals surface area (Å²) in [7, 11) is 3.53. The van der Waals surface area contributed by atoms with Gasteiger partial charge in [0.05, 0.1) is 7.11 Å². The SMILES string of the molecule is CCCNc1nc(OC)nc(N(C)CC(C)C)n1. The number of nitrogens with zero attached hydrogens (tertiary/aromatic N) is 4. The van der Waals surface area contributed by atoms with Gasteiger partial charge in [-0.2, -0.15) is 15.0 Å². The van der Waals surface area contributed by atoms with E-state index in [0.29, 0.717) is 23.8 Å². The van der Waals surface area contributed by atoms with Gasteiger partial charge in [0.2, 0.25) is 11.9 Å². The molecule has 1 aromatic heterocycles. The first-order chi connectivity index (χ1) is 8.56. The van der Waals surface area contributed by atoms with E-state index in [-0.39, 0.29) is 0 Å².